The Labute approximate surface area is 156 Å². The molecule has 0 aromatic heterocycles. The van der Waals surface area contributed by atoms with Crippen LogP contribution in [0.2, 0.25) is 0 Å². The molecule has 136 valence electrons. The summed E-state index contributed by atoms with van der Waals surface area (Å²) in [5.41, 5.74) is 1.52. The summed E-state index contributed by atoms with van der Waals surface area (Å²) in [4.78, 5) is 15.0. The number of carbonyl (C=O) groups is 1. The quantitative estimate of drug-likeness (QED) is 0.820. The summed E-state index contributed by atoms with van der Waals surface area (Å²) in [6.07, 6.45) is 0. The lowest BCUT2D eigenvalue weighted by Gasteiger charge is -2.26. The zero-order valence-electron chi connectivity index (χ0n) is 14.6. The van der Waals surface area contributed by atoms with Crippen LogP contribution in [0.3, 0.4) is 0 Å². The number of amides is 1. The predicted octanol–water partition coefficient (Wildman–Crippen LogP) is 3.32. The first-order valence-corrected chi connectivity index (χ1v) is 9.30. The van der Waals surface area contributed by atoms with E-state index in [2.05, 4.69) is 0 Å². The molecule has 2 aromatic rings. The maximum absolute atomic E-state index is 13.1. The molecule has 0 radical (unpaired) electrons. The fourth-order valence-electron chi connectivity index (χ4n) is 3.16. The van der Waals surface area contributed by atoms with Gasteiger partial charge in [-0.2, -0.15) is 0 Å². The SMILES string of the molecule is COc1ccc(OC)c([C@@H]2SCCN2C(=O)c2ccc3c(c2)OCO3)c1. The molecule has 2 aromatic carbocycles. The van der Waals surface area contributed by atoms with Gasteiger partial charge in [0, 0.05) is 23.4 Å². The Balaban J connectivity index is 1.65. The van der Waals surface area contributed by atoms with Crippen LogP contribution in [0.25, 0.3) is 0 Å². The van der Waals surface area contributed by atoms with E-state index in [4.69, 9.17) is 18.9 Å². The highest BCUT2D eigenvalue weighted by molar-refractivity contribution is 7.99. The first-order chi connectivity index (χ1) is 12.7. The van der Waals surface area contributed by atoms with Crippen LogP contribution in [-0.4, -0.2) is 44.1 Å². The van der Waals surface area contributed by atoms with Crippen LogP contribution in [-0.2, 0) is 0 Å². The van der Waals surface area contributed by atoms with Gasteiger partial charge in [-0.1, -0.05) is 0 Å². The molecule has 0 unspecified atom stereocenters. The lowest BCUT2D eigenvalue weighted by atomic mass is 10.1. The fourth-order valence-corrected chi connectivity index (χ4v) is 4.43. The first kappa shape index (κ1) is 16.9. The van der Waals surface area contributed by atoms with E-state index >= 15 is 0 Å². The Morgan fingerprint density at radius 1 is 1.12 bits per heavy atom. The molecular weight excluding hydrogens is 354 g/mol. The molecule has 0 bridgehead atoms. The molecule has 0 aliphatic carbocycles. The van der Waals surface area contributed by atoms with Gasteiger partial charge in [0.15, 0.2) is 11.5 Å². The smallest absolute Gasteiger partial charge is 0.255 e. The van der Waals surface area contributed by atoms with Gasteiger partial charge in [0.05, 0.1) is 14.2 Å². The minimum absolute atomic E-state index is 0.0387. The van der Waals surface area contributed by atoms with E-state index < -0.39 is 0 Å². The molecule has 2 aliphatic heterocycles. The Hall–Kier alpha value is -2.54. The van der Waals surface area contributed by atoms with Crippen molar-refractivity contribution in [2.75, 3.05) is 33.3 Å². The average molecular weight is 373 g/mol. The van der Waals surface area contributed by atoms with Crippen molar-refractivity contribution < 1.29 is 23.7 Å². The normalized spacial score (nSPS) is 18.1. The third kappa shape index (κ3) is 2.92. The maximum atomic E-state index is 13.1. The third-order valence-electron chi connectivity index (χ3n) is 4.47. The number of nitrogens with zero attached hydrogens (tertiary/aromatic N) is 1. The fraction of sp³-hybridized carbons (Fsp3) is 0.316. The highest BCUT2D eigenvalue weighted by Gasteiger charge is 2.34. The molecule has 4 rings (SSSR count). The van der Waals surface area contributed by atoms with E-state index in [9.17, 15) is 4.79 Å². The summed E-state index contributed by atoms with van der Waals surface area (Å²) in [5, 5.41) is -0.127. The molecule has 2 aliphatic rings. The summed E-state index contributed by atoms with van der Waals surface area (Å²) >= 11 is 1.71. The van der Waals surface area contributed by atoms with Crippen molar-refractivity contribution in [3.8, 4) is 23.0 Å². The zero-order valence-corrected chi connectivity index (χ0v) is 15.4. The van der Waals surface area contributed by atoms with Gasteiger partial charge in [-0.3, -0.25) is 4.79 Å². The summed E-state index contributed by atoms with van der Waals surface area (Å²) in [6.45, 7) is 0.860. The van der Waals surface area contributed by atoms with Crippen molar-refractivity contribution >= 4 is 17.7 Å². The monoisotopic (exact) mass is 373 g/mol. The van der Waals surface area contributed by atoms with Crippen molar-refractivity contribution in [2.45, 2.75) is 5.37 Å². The molecule has 6 nitrogen and oxygen atoms in total. The number of carbonyl (C=O) groups excluding carboxylic acids is 1. The van der Waals surface area contributed by atoms with Crippen molar-refractivity contribution in [1.29, 1.82) is 0 Å². The molecule has 1 amide bonds. The minimum atomic E-state index is -0.127. The molecule has 1 atom stereocenters. The largest absolute Gasteiger partial charge is 0.497 e. The molecule has 1 saturated heterocycles. The second-order valence-electron chi connectivity index (χ2n) is 5.90. The molecule has 1 fully saturated rings. The van der Waals surface area contributed by atoms with Crippen molar-refractivity contribution in [3.63, 3.8) is 0 Å². The van der Waals surface area contributed by atoms with Crippen LogP contribution in [0.1, 0.15) is 21.3 Å². The number of ether oxygens (including phenoxy) is 4. The van der Waals surface area contributed by atoms with Gasteiger partial charge >= 0.3 is 0 Å². The van der Waals surface area contributed by atoms with Gasteiger partial charge in [0.2, 0.25) is 6.79 Å². The number of thioether (sulfide) groups is 1. The number of rotatable bonds is 4. The second kappa shape index (κ2) is 6.99. The van der Waals surface area contributed by atoms with Crippen molar-refractivity contribution in [1.82, 2.24) is 4.90 Å². The van der Waals surface area contributed by atoms with Crippen LogP contribution < -0.4 is 18.9 Å². The van der Waals surface area contributed by atoms with Gasteiger partial charge in [-0.25, -0.2) is 0 Å². The van der Waals surface area contributed by atoms with E-state index in [0.717, 1.165) is 22.8 Å². The van der Waals surface area contributed by atoms with Gasteiger partial charge < -0.3 is 23.8 Å². The Morgan fingerprint density at radius 2 is 1.96 bits per heavy atom. The summed E-state index contributed by atoms with van der Waals surface area (Å²) in [7, 11) is 3.26. The average Bonchev–Trinajstić information content (AvgIpc) is 3.35. The molecule has 0 saturated carbocycles. The second-order valence-corrected chi connectivity index (χ2v) is 7.09. The molecule has 0 spiro atoms. The summed E-state index contributed by atoms with van der Waals surface area (Å²) < 4.78 is 21.6. The lowest BCUT2D eigenvalue weighted by Crippen LogP contribution is -2.30. The number of hydrogen-bond donors (Lipinski definition) is 0. The van der Waals surface area contributed by atoms with Crippen LogP contribution in [0.15, 0.2) is 36.4 Å². The van der Waals surface area contributed by atoms with Crippen LogP contribution >= 0.6 is 11.8 Å². The summed E-state index contributed by atoms with van der Waals surface area (Å²) in [5.74, 6) is 3.59. The highest BCUT2D eigenvalue weighted by Crippen LogP contribution is 2.44. The molecule has 0 N–H and O–H groups in total. The Kier molecular flexibility index (Phi) is 4.55. The predicted molar refractivity (Wildman–Crippen MR) is 98.3 cm³/mol. The highest BCUT2D eigenvalue weighted by atomic mass is 32.2. The standard InChI is InChI=1S/C19H19NO5S/c1-22-13-4-6-15(23-2)14(10-13)19-20(7-8-26-19)18(21)12-3-5-16-17(9-12)25-11-24-16/h3-6,9-10,19H,7-8,11H2,1-2H3/t19-/m0/s1. The van der Waals surface area contributed by atoms with Crippen LogP contribution in [0.5, 0.6) is 23.0 Å². The molecule has 7 heteroatoms. The van der Waals surface area contributed by atoms with E-state index in [1.807, 2.05) is 23.1 Å². The Bertz CT molecular complexity index is 841. The first-order valence-electron chi connectivity index (χ1n) is 8.25. The van der Waals surface area contributed by atoms with Gasteiger partial charge in [-0.15, -0.1) is 11.8 Å². The molecular formula is C19H19NO5S. The molecule has 26 heavy (non-hydrogen) atoms. The topological polar surface area (TPSA) is 57.2 Å². The number of methoxy groups -OCH3 is 2. The van der Waals surface area contributed by atoms with E-state index in [1.165, 1.54) is 0 Å². The summed E-state index contributed by atoms with van der Waals surface area (Å²) in [6, 6.07) is 11.0. The van der Waals surface area contributed by atoms with E-state index in [-0.39, 0.29) is 18.1 Å². The lowest BCUT2D eigenvalue weighted by molar-refractivity contribution is 0.0758. The van der Waals surface area contributed by atoms with Gasteiger partial charge in [0.1, 0.15) is 16.9 Å². The number of fused-ring (bicyclic) bond motifs is 1. The van der Waals surface area contributed by atoms with Crippen LogP contribution in [0, 0.1) is 0 Å². The Morgan fingerprint density at radius 3 is 2.77 bits per heavy atom. The molecule has 2 heterocycles. The van der Waals surface area contributed by atoms with E-state index in [0.29, 0.717) is 23.6 Å². The number of hydrogen-bond acceptors (Lipinski definition) is 6. The maximum Gasteiger partial charge on any atom is 0.255 e. The van der Waals surface area contributed by atoms with E-state index in [1.54, 1.807) is 44.2 Å². The van der Waals surface area contributed by atoms with Crippen LogP contribution in [0.4, 0.5) is 0 Å². The van der Waals surface area contributed by atoms with Crippen molar-refractivity contribution in [2.24, 2.45) is 0 Å². The van der Waals surface area contributed by atoms with Crippen molar-refractivity contribution in [3.05, 3.63) is 47.5 Å². The zero-order chi connectivity index (χ0) is 18.1. The number of benzene rings is 2. The van der Waals surface area contributed by atoms with Gasteiger partial charge in [-0.05, 0) is 36.4 Å². The van der Waals surface area contributed by atoms with Gasteiger partial charge in [0.25, 0.3) is 5.91 Å². The third-order valence-corrected chi connectivity index (χ3v) is 5.72. The minimum Gasteiger partial charge on any atom is -0.497 e.